The van der Waals surface area contributed by atoms with Gasteiger partial charge in [0.15, 0.2) is 0 Å². The highest BCUT2D eigenvalue weighted by molar-refractivity contribution is 6.23. The number of anilines is 1. The highest BCUT2D eigenvalue weighted by Gasteiger charge is 2.38. The molecule has 0 aliphatic carbocycles. The second kappa shape index (κ2) is 8.14. The number of ether oxygens (including phenoxy) is 1. The number of esters is 1. The number of aromatic carboxylic acids is 1. The first-order valence-corrected chi connectivity index (χ1v) is 9.18. The fraction of sp³-hybridized carbons (Fsp3) is 0.174. The van der Waals surface area contributed by atoms with Crippen LogP contribution >= 0.6 is 0 Å². The van der Waals surface area contributed by atoms with Gasteiger partial charge in [0.25, 0.3) is 5.91 Å². The number of hydrogen-bond acceptors (Lipinski definition) is 4. The van der Waals surface area contributed by atoms with Gasteiger partial charge in [0.05, 0.1) is 23.3 Å². The number of carboxylic acids is 1. The molecule has 6 heteroatoms. The molecule has 6 nitrogen and oxygen atoms in total. The molecule has 148 valence electrons. The van der Waals surface area contributed by atoms with Crippen LogP contribution in [-0.2, 0) is 14.3 Å². The van der Waals surface area contributed by atoms with Gasteiger partial charge in [-0.15, -0.1) is 0 Å². The number of amides is 1. The van der Waals surface area contributed by atoms with Gasteiger partial charge in [-0.2, -0.15) is 0 Å². The van der Waals surface area contributed by atoms with Crippen LogP contribution in [0.2, 0.25) is 0 Å². The standard InChI is InChI=1S/C23H21NO5/c1-4-29-23(28)20-15(3)24(18-11-5-14(2)6-12-18)21(25)19(20)13-16-7-9-17(10-8-16)22(26)27/h5-13H,4H2,1-3H3,(H,26,27)/b19-13-. The van der Waals surface area contributed by atoms with Gasteiger partial charge in [-0.05, 0) is 56.7 Å². The van der Waals surface area contributed by atoms with E-state index in [9.17, 15) is 14.4 Å². The molecule has 29 heavy (non-hydrogen) atoms. The topological polar surface area (TPSA) is 83.9 Å². The fourth-order valence-corrected chi connectivity index (χ4v) is 3.17. The van der Waals surface area contributed by atoms with Crippen molar-refractivity contribution in [2.24, 2.45) is 0 Å². The molecule has 2 aromatic carbocycles. The highest BCUT2D eigenvalue weighted by Crippen LogP contribution is 2.35. The van der Waals surface area contributed by atoms with E-state index in [4.69, 9.17) is 9.84 Å². The van der Waals surface area contributed by atoms with E-state index in [-0.39, 0.29) is 29.2 Å². The Morgan fingerprint density at radius 3 is 2.21 bits per heavy atom. The Morgan fingerprint density at radius 2 is 1.66 bits per heavy atom. The second-order valence-corrected chi connectivity index (χ2v) is 6.64. The normalized spacial score (nSPS) is 15.2. The summed E-state index contributed by atoms with van der Waals surface area (Å²) < 4.78 is 5.17. The third kappa shape index (κ3) is 3.96. The van der Waals surface area contributed by atoms with Crippen LogP contribution in [0.25, 0.3) is 6.08 Å². The largest absolute Gasteiger partial charge is 0.478 e. The number of carbonyl (C=O) groups is 3. The van der Waals surface area contributed by atoms with Gasteiger partial charge in [-0.1, -0.05) is 29.8 Å². The smallest absolute Gasteiger partial charge is 0.340 e. The minimum atomic E-state index is -1.03. The number of allylic oxidation sites excluding steroid dienone is 1. The molecule has 1 amide bonds. The van der Waals surface area contributed by atoms with E-state index < -0.39 is 11.9 Å². The molecule has 0 aromatic heterocycles. The molecule has 0 radical (unpaired) electrons. The van der Waals surface area contributed by atoms with Crippen molar-refractivity contribution < 1.29 is 24.2 Å². The number of carboxylic acid groups (broad SMARTS) is 1. The second-order valence-electron chi connectivity index (χ2n) is 6.64. The van der Waals surface area contributed by atoms with Crippen LogP contribution in [-0.4, -0.2) is 29.6 Å². The number of rotatable bonds is 5. The minimum absolute atomic E-state index is 0.142. The van der Waals surface area contributed by atoms with Crippen molar-refractivity contribution in [3.8, 4) is 0 Å². The van der Waals surface area contributed by atoms with Crippen molar-refractivity contribution in [1.29, 1.82) is 0 Å². The lowest BCUT2D eigenvalue weighted by molar-refractivity contribution is -0.138. The Bertz CT molecular complexity index is 1030. The first kappa shape index (κ1) is 20.1. The summed E-state index contributed by atoms with van der Waals surface area (Å²) in [5.41, 5.74) is 3.38. The average Bonchev–Trinajstić information content (AvgIpc) is 2.93. The maximum Gasteiger partial charge on any atom is 0.340 e. The molecule has 1 heterocycles. The first-order chi connectivity index (χ1) is 13.8. The van der Waals surface area contributed by atoms with Crippen molar-refractivity contribution in [3.63, 3.8) is 0 Å². The summed E-state index contributed by atoms with van der Waals surface area (Å²) in [7, 11) is 0. The van der Waals surface area contributed by atoms with Crippen molar-refractivity contribution in [3.05, 3.63) is 82.1 Å². The Labute approximate surface area is 168 Å². The van der Waals surface area contributed by atoms with Crippen LogP contribution in [0.1, 0.15) is 35.3 Å². The molecule has 3 rings (SSSR count). The minimum Gasteiger partial charge on any atom is -0.478 e. The maximum absolute atomic E-state index is 13.2. The van der Waals surface area contributed by atoms with Crippen LogP contribution in [0.5, 0.6) is 0 Å². The predicted octanol–water partition coefficient (Wildman–Crippen LogP) is 3.96. The number of nitrogens with zero attached hydrogens (tertiary/aromatic N) is 1. The number of benzene rings is 2. The molecular weight excluding hydrogens is 370 g/mol. The molecule has 0 bridgehead atoms. The quantitative estimate of drug-likeness (QED) is 0.616. The molecule has 0 fully saturated rings. The number of carbonyl (C=O) groups excluding carboxylic acids is 2. The molecule has 0 saturated heterocycles. The number of aryl methyl sites for hydroxylation is 1. The Morgan fingerprint density at radius 1 is 1.03 bits per heavy atom. The maximum atomic E-state index is 13.2. The molecule has 2 aromatic rings. The third-order valence-electron chi connectivity index (χ3n) is 4.64. The van der Waals surface area contributed by atoms with Gasteiger partial charge >= 0.3 is 11.9 Å². The molecule has 1 aliphatic rings. The van der Waals surface area contributed by atoms with Crippen LogP contribution in [0.4, 0.5) is 5.69 Å². The molecular formula is C23H21NO5. The zero-order chi connectivity index (χ0) is 21.1. The van der Waals surface area contributed by atoms with Gasteiger partial charge in [0.2, 0.25) is 0 Å². The van der Waals surface area contributed by atoms with Gasteiger partial charge in [0.1, 0.15) is 0 Å². The molecule has 0 spiro atoms. The zero-order valence-corrected chi connectivity index (χ0v) is 16.4. The van der Waals surface area contributed by atoms with E-state index in [2.05, 4.69) is 0 Å². The predicted molar refractivity (Wildman–Crippen MR) is 109 cm³/mol. The van der Waals surface area contributed by atoms with Crippen LogP contribution < -0.4 is 4.90 Å². The lowest BCUT2D eigenvalue weighted by Crippen LogP contribution is -2.24. The van der Waals surface area contributed by atoms with Crippen molar-refractivity contribution in [1.82, 2.24) is 0 Å². The van der Waals surface area contributed by atoms with Crippen LogP contribution in [0.3, 0.4) is 0 Å². The van der Waals surface area contributed by atoms with Crippen LogP contribution in [0, 0.1) is 6.92 Å². The summed E-state index contributed by atoms with van der Waals surface area (Å²) >= 11 is 0. The molecule has 0 unspecified atom stereocenters. The van der Waals surface area contributed by atoms with E-state index in [1.165, 1.54) is 17.0 Å². The molecule has 1 aliphatic heterocycles. The fourth-order valence-electron chi connectivity index (χ4n) is 3.17. The van der Waals surface area contributed by atoms with E-state index in [0.717, 1.165) is 5.56 Å². The van der Waals surface area contributed by atoms with E-state index in [0.29, 0.717) is 16.9 Å². The van der Waals surface area contributed by atoms with Gasteiger partial charge in [0, 0.05) is 11.4 Å². The lowest BCUT2D eigenvalue weighted by Gasteiger charge is -2.18. The third-order valence-corrected chi connectivity index (χ3v) is 4.64. The zero-order valence-electron chi connectivity index (χ0n) is 16.4. The monoisotopic (exact) mass is 391 g/mol. The summed E-state index contributed by atoms with van der Waals surface area (Å²) in [6, 6.07) is 13.5. The molecule has 1 N–H and O–H groups in total. The summed E-state index contributed by atoms with van der Waals surface area (Å²) in [5, 5.41) is 9.05. The van der Waals surface area contributed by atoms with E-state index in [1.807, 2.05) is 31.2 Å². The summed E-state index contributed by atoms with van der Waals surface area (Å²) in [5.74, 6) is -1.94. The first-order valence-electron chi connectivity index (χ1n) is 9.18. The van der Waals surface area contributed by atoms with Gasteiger partial charge < -0.3 is 9.84 Å². The summed E-state index contributed by atoms with van der Waals surface area (Å²) in [4.78, 5) is 38.3. The molecule has 0 atom stereocenters. The SMILES string of the molecule is CCOC(=O)C1=C(C)N(c2ccc(C)cc2)C(=O)/C1=C\c1ccc(C(=O)O)cc1. The molecule has 0 saturated carbocycles. The van der Waals surface area contributed by atoms with Crippen molar-refractivity contribution in [2.45, 2.75) is 20.8 Å². The van der Waals surface area contributed by atoms with Crippen molar-refractivity contribution >= 4 is 29.6 Å². The van der Waals surface area contributed by atoms with E-state index >= 15 is 0 Å². The summed E-state index contributed by atoms with van der Waals surface area (Å²) in [6.07, 6.45) is 1.58. The van der Waals surface area contributed by atoms with Crippen molar-refractivity contribution in [2.75, 3.05) is 11.5 Å². The average molecular weight is 391 g/mol. The Hall–Kier alpha value is -3.67. The lowest BCUT2D eigenvalue weighted by atomic mass is 10.0. The van der Waals surface area contributed by atoms with Crippen LogP contribution in [0.15, 0.2) is 65.4 Å². The summed E-state index contributed by atoms with van der Waals surface area (Å²) in [6.45, 7) is 5.55. The Kier molecular flexibility index (Phi) is 5.64. The van der Waals surface area contributed by atoms with Gasteiger partial charge in [-0.25, -0.2) is 9.59 Å². The van der Waals surface area contributed by atoms with E-state index in [1.54, 1.807) is 32.1 Å². The number of hydrogen-bond donors (Lipinski definition) is 1. The highest BCUT2D eigenvalue weighted by atomic mass is 16.5. The Balaban J connectivity index is 2.08. The van der Waals surface area contributed by atoms with Gasteiger partial charge in [-0.3, -0.25) is 9.69 Å².